The average molecular weight is 252 g/mol. The summed E-state index contributed by atoms with van der Waals surface area (Å²) in [7, 11) is 1.58. The van der Waals surface area contributed by atoms with Crippen molar-refractivity contribution in [2.45, 2.75) is 39.8 Å². The molecule has 0 radical (unpaired) electrons. The zero-order valence-corrected chi connectivity index (χ0v) is 11.5. The van der Waals surface area contributed by atoms with Gasteiger partial charge in [-0.1, -0.05) is 0 Å². The van der Waals surface area contributed by atoms with Gasteiger partial charge in [-0.05, 0) is 39.3 Å². The highest BCUT2D eigenvalue weighted by Gasteiger charge is 2.15. The molecular weight excluding hydrogens is 232 g/mol. The SMILES string of the molecule is COc1ncc(CNC(=O)OC(C)(C)C)cc1C. The lowest BCUT2D eigenvalue weighted by molar-refractivity contribution is 0.0523. The number of ether oxygens (including phenoxy) is 2. The summed E-state index contributed by atoms with van der Waals surface area (Å²) >= 11 is 0. The molecule has 0 fully saturated rings. The first kappa shape index (κ1) is 14.3. The molecule has 1 rings (SSSR count). The largest absolute Gasteiger partial charge is 0.481 e. The molecule has 1 amide bonds. The Kier molecular flexibility index (Phi) is 4.53. The Balaban J connectivity index is 2.54. The van der Waals surface area contributed by atoms with Crippen LogP contribution in [-0.4, -0.2) is 23.8 Å². The lowest BCUT2D eigenvalue weighted by atomic mass is 10.2. The number of alkyl carbamates (subject to hydrolysis) is 1. The molecule has 0 unspecified atom stereocenters. The van der Waals surface area contributed by atoms with E-state index < -0.39 is 11.7 Å². The number of amides is 1. The van der Waals surface area contributed by atoms with Crippen molar-refractivity contribution in [2.24, 2.45) is 0 Å². The first-order valence-corrected chi connectivity index (χ1v) is 5.78. The number of hydrogen-bond donors (Lipinski definition) is 1. The fraction of sp³-hybridized carbons (Fsp3) is 0.538. The number of hydrogen-bond acceptors (Lipinski definition) is 4. The van der Waals surface area contributed by atoms with E-state index in [1.807, 2.05) is 33.8 Å². The van der Waals surface area contributed by atoms with Crippen LogP contribution in [0.4, 0.5) is 4.79 Å². The maximum Gasteiger partial charge on any atom is 0.407 e. The van der Waals surface area contributed by atoms with E-state index in [-0.39, 0.29) is 0 Å². The normalized spacial score (nSPS) is 10.9. The number of nitrogens with one attached hydrogen (secondary N) is 1. The van der Waals surface area contributed by atoms with Gasteiger partial charge in [0.05, 0.1) is 7.11 Å². The predicted octanol–water partition coefficient (Wildman–Crippen LogP) is 2.42. The second kappa shape index (κ2) is 5.71. The molecule has 1 heterocycles. The zero-order chi connectivity index (χ0) is 13.8. The predicted molar refractivity (Wildman–Crippen MR) is 68.6 cm³/mol. The third-order valence-electron chi connectivity index (χ3n) is 2.12. The zero-order valence-electron chi connectivity index (χ0n) is 11.5. The molecule has 0 aliphatic heterocycles. The van der Waals surface area contributed by atoms with Crippen LogP contribution < -0.4 is 10.1 Å². The maximum atomic E-state index is 11.5. The van der Waals surface area contributed by atoms with Crippen LogP contribution in [0.3, 0.4) is 0 Å². The molecule has 0 saturated carbocycles. The minimum Gasteiger partial charge on any atom is -0.481 e. The van der Waals surface area contributed by atoms with Gasteiger partial charge in [-0.2, -0.15) is 0 Å². The highest BCUT2D eigenvalue weighted by molar-refractivity contribution is 5.67. The topological polar surface area (TPSA) is 60.5 Å². The molecule has 5 nitrogen and oxygen atoms in total. The fourth-order valence-corrected chi connectivity index (χ4v) is 1.42. The van der Waals surface area contributed by atoms with E-state index in [9.17, 15) is 4.79 Å². The minimum absolute atomic E-state index is 0.382. The molecule has 1 aromatic rings. The van der Waals surface area contributed by atoms with Crippen LogP contribution in [0.15, 0.2) is 12.3 Å². The standard InChI is InChI=1S/C13H20N2O3/c1-9-6-10(7-14-11(9)17-5)8-15-12(16)18-13(2,3)4/h6-7H,8H2,1-5H3,(H,15,16). The van der Waals surface area contributed by atoms with Crippen molar-refractivity contribution in [3.8, 4) is 5.88 Å². The highest BCUT2D eigenvalue weighted by atomic mass is 16.6. The summed E-state index contributed by atoms with van der Waals surface area (Å²) in [6.45, 7) is 7.76. The summed E-state index contributed by atoms with van der Waals surface area (Å²) in [5.41, 5.74) is 1.35. The van der Waals surface area contributed by atoms with Crippen molar-refractivity contribution in [1.82, 2.24) is 10.3 Å². The Bertz CT molecular complexity index is 425. The molecular formula is C13H20N2O3. The smallest absolute Gasteiger partial charge is 0.407 e. The lowest BCUT2D eigenvalue weighted by Gasteiger charge is -2.19. The van der Waals surface area contributed by atoms with E-state index >= 15 is 0 Å². The molecule has 0 aromatic carbocycles. The van der Waals surface area contributed by atoms with Gasteiger partial charge in [0.15, 0.2) is 0 Å². The van der Waals surface area contributed by atoms with Crippen LogP contribution in [0.1, 0.15) is 31.9 Å². The van der Waals surface area contributed by atoms with Gasteiger partial charge in [-0.25, -0.2) is 9.78 Å². The van der Waals surface area contributed by atoms with Gasteiger partial charge in [0, 0.05) is 18.3 Å². The summed E-state index contributed by atoms with van der Waals surface area (Å²) in [4.78, 5) is 15.6. The Morgan fingerprint density at radius 2 is 2.11 bits per heavy atom. The number of carbonyl (C=O) groups excluding carboxylic acids is 1. The second-order valence-corrected chi connectivity index (χ2v) is 5.03. The average Bonchev–Trinajstić information content (AvgIpc) is 2.24. The molecule has 5 heteroatoms. The molecule has 0 aliphatic carbocycles. The van der Waals surface area contributed by atoms with Gasteiger partial charge < -0.3 is 14.8 Å². The Morgan fingerprint density at radius 3 is 2.61 bits per heavy atom. The van der Waals surface area contributed by atoms with Gasteiger partial charge in [-0.3, -0.25) is 0 Å². The molecule has 0 spiro atoms. The van der Waals surface area contributed by atoms with Crippen LogP contribution in [-0.2, 0) is 11.3 Å². The molecule has 0 saturated heterocycles. The van der Waals surface area contributed by atoms with Crippen molar-refractivity contribution in [2.75, 3.05) is 7.11 Å². The fourth-order valence-electron chi connectivity index (χ4n) is 1.42. The molecule has 1 N–H and O–H groups in total. The van der Waals surface area contributed by atoms with Crippen molar-refractivity contribution in [1.29, 1.82) is 0 Å². The first-order valence-electron chi connectivity index (χ1n) is 5.78. The molecule has 0 atom stereocenters. The number of carbonyl (C=O) groups is 1. The van der Waals surface area contributed by atoms with Gasteiger partial charge in [0.1, 0.15) is 5.60 Å². The molecule has 1 aromatic heterocycles. The van der Waals surface area contributed by atoms with Crippen molar-refractivity contribution >= 4 is 6.09 Å². The number of aryl methyl sites for hydroxylation is 1. The summed E-state index contributed by atoms with van der Waals surface area (Å²) in [6, 6.07) is 1.92. The highest BCUT2D eigenvalue weighted by Crippen LogP contribution is 2.14. The third-order valence-corrected chi connectivity index (χ3v) is 2.12. The second-order valence-electron chi connectivity index (χ2n) is 5.03. The summed E-state index contributed by atoms with van der Waals surface area (Å²) in [5.74, 6) is 0.594. The van der Waals surface area contributed by atoms with Crippen LogP contribution >= 0.6 is 0 Å². The Morgan fingerprint density at radius 1 is 1.44 bits per heavy atom. The van der Waals surface area contributed by atoms with Crippen molar-refractivity contribution in [3.63, 3.8) is 0 Å². The van der Waals surface area contributed by atoms with E-state index in [1.165, 1.54) is 0 Å². The van der Waals surface area contributed by atoms with Gasteiger partial charge in [0.25, 0.3) is 0 Å². The van der Waals surface area contributed by atoms with Crippen LogP contribution in [0.2, 0.25) is 0 Å². The van der Waals surface area contributed by atoms with Gasteiger partial charge in [-0.15, -0.1) is 0 Å². The number of rotatable bonds is 3. The maximum absolute atomic E-state index is 11.5. The Labute approximate surface area is 108 Å². The van der Waals surface area contributed by atoms with E-state index in [2.05, 4.69) is 10.3 Å². The number of pyridine rings is 1. The van der Waals surface area contributed by atoms with E-state index in [0.29, 0.717) is 12.4 Å². The number of aromatic nitrogens is 1. The molecule has 100 valence electrons. The monoisotopic (exact) mass is 252 g/mol. The molecule has 18 heavy (non-hydrogen) atoms. The summed E-state index contributed by atoms with van der Waals surface area (Å²) < 4.78 is 10.2. The van der Waals surface area contributed by atoms with Gasteiger partial charge in [0.2, 0.25) is 5.88 Å². The van der Waals surface area contributed by atoms with Crippen LogP contribution in [0.25, 0.3) is 0 Å². The van der Waals surface area contributed by atoms with Gasteiger partial charge >= 0.3 is 6.09 Å². The van der Waals surface area contributed by atoms with E-state index in [4.69, 9.17) is 9.47 Å². The van der Waals surface area contributed by atoms with Crippen molar-refractivity contribution in [3.05, 3.63) is 23.4 Å². The quantitative estimate of drug-likeness (QED) is 0.897. The minimum atomic E-state index is -0.488. The van der Waals surface area contributed by atoms with Crippen molar-refractivity contribution < 1.29 is 14.3 Å². The summed E-state index contributed by atoms with van der Waals surface area (Å²) in [5, 5.41) is 2.68. The molecule has 0 aliphatic rings. The molecule has 0 bridgehead atoms. The Hall–Kier alpha value is -1.78. The third kappa shape index (κ3) is 4.61. The van der Waals surface area contributed by atoms with E-state index in [0.717, 1.165) is 11.1 Å². The number of nitrogens with zero attached hydrogens (tertiary/aromatic N) is 1. The first-order chi connectivity index (χ1) is 8.31. The van der Waals surface area contributed by atoms with E-state index in [1.54, 1.807) is 13.3 Å². The van der Waals surface area contributed by atoms with Crippen LogP contribution in [0, 0.1) is 6.92 Å². The number of methoxy groups -OCH3 is 1. The van der Waals surface area contributed by atoms with Crippen LogP contribution in [0.5, 0.6) is 5.88 Å². The lowest BCUT2D eigenvalue weighted by Crippen LogP contribution is -2.32. The summed E-state index contributed by atoms with van der Waals surface area (Å²) in [6.07, 6.45) is 1.24.